The van der Waals surface area contributed by atoms with E-state index in [0.29, 0.717) is 15.6 Å². The number of nitro benzene ring substituents is 2. The molecule has 0 N–H and O–H groups in total. The molecule has 0 aromatic heterocycles. The van der Waals surface area contributed by atoms with Gasteiger partial charge in [0, 0.05) is 16.1 Å². The highest BCUT2D eigenvalue weighted by Gasteiger charge is 2.21. The summed E-state index contributed by atoms with van der Waals surface area (Å²) in [7, 11) is 0. The van der Waals surface area contributed by atoms with E-state index in [1.807, 2.05) is 0 Å². The van der Waals surface area contributed by atoms with Gasteiger partial charge >= 0.3 is 0 Å². The standard InChI is InChI=1S/C12H7BrN2O4/c13-11-4-2-1-3-9(11)10-6-5-8(14(16)17)7-12(10)15(18)19/h1-7H. The zero-order valence-corrected chi connectivity index (χ0v) is 11.0. The number of nitro groups is 2. The van der Waals surface area contributed by atoms with Crippen molar-refractivity contribution in [1.82, 2.24) is 0 Å². The number of halogens is 1. The molecule has 0 saturated heterocycles. The van der Waals surface area contributed by atoms with Crippen LogP contribution in [0.3, 0.4) is 0 Å². The topological polar surface area (TPSA) is 86.3 Å². The molecule has 7 heteroatoms. The molecule has 96 valence electrons. The van der Waals surface area contributed by atoms with Crippen molar-refractivity contribution in [2.24, 2.45) is 0 Å². The summed E-state index contributed by atoms with van der Waals surface area (Å²) in [6.07, 6.45) is 0. The summed E-state index contributed by atoms with van der Waals surface area (Å²) in [5, 5.41) is 21.7. The lowest BCUT2D eigenvalue weighted by atomic mass is 10.0. The van der Waals surface area contributed by atoms with E-state index in [4.69, 9.17) is 0 Å². The number of hydrogen-bond donors (Lipinski definition) is 0. The van der Waals surface area contributed by atoms with Gasteiger partial charge in [0.15, 0.2) is 0 Å². The van der Waals surface area contributed by atoms with Gasteiger partial charge in [0.2, 0.25) is 0 Å². The maximum absolute atomic E-state index is 11.0. The summed E-state index contributed by atoms with van der Waals surface area (Å²) >= 11 is 3.31. The molecule has 0 bridgehead atoms. The molecule has 2 aromatic rings. The number of non-ortho nitro benzene ring substituents is 1. The van der Waals surface area contributed by atoms with E-state index in [2.05, 4.69) is 15.9 Å². The van der Waals surface area contributed by atoms with Gasteiger partial charge in [-0.25, -0.2) is 0 Å². The monoisotopic (exact) mass is 322 g/mol. The van der Waals surface area contributed by atoms with Gasteiger partial charge in [0.1, 0.15) is 0 Å². The molecule has 0 aliphatic rings. The Morgan fingerprint density at radius 1 is 0.895 bits per heavy atom. The minimum Gasteiger partial charge on any atom is -0.258 e. The average molecular weight is 323 g/mol. The number of benzene rings is 2. The van der Waals surface area contributed by atoms with Gasteiger partial charge in [-0.05, 0) is 12.1 Å². The van der Waals surface area contributed by atoms with E-state index in [0.717, 1.165) is 6.07 Å². The minimum absolute atomic E-state index is 0.291. The van der Waals surface area contributed by atoms with Crippen molar-refractivity contribution in [3.05, 3.63) is 67.2 Å². The fraction of sp³-hybridized carbons (Fsp3) is 0. The second-order valence-electron chi connectivity index (χ2n) is 3.70. The Labute approximate surface area is 116 Å². The van der Waals surface area contributed by atoms with E-state index >= 15 is 0 Å². The third kappa shape index (κ3) is 2.60. The first-order chi connectivity index (χ1) is 9.00. The molecule has 0 fully saturated rings. The van der Waals surface area contributed by atoms with Crippen molar-refractivity contribution in [1.29, 1.82) is 0 Å². The smallest absolute Gasteiger partial charge is 0.258 e. The van der Waals surface area contributed by atoms with E-state index in [1.54, 1.807) is 24.3 Å². The van der Waals surface area contributed by atoms with Crippen molar-refractivity contribution < 1.29 is 9.85 Å². The van der Waals surface area contributed by atoms with Crippen LogP contribution in [-0.4, -0.2) is 9.85 Å². The summed E-state index contributed by atoms with van der Waals surface area (Å²) in [4.78, 5) is 20.4. The normalized spacial score (nSPS) is 10.2. The van der Waals surface area contributed by atoms with Gasteiger partial charge in [-0.15, -0.1) is 0 Å². The summed E-state index contributed by atoms with van der Waals surface area (Å²) in [6, 6.07) is 10.6. The van der Waals surface area contributed by atoms with Crippen LogP contribution in [0.25, 0.3) is 11.1 Å². The van der Waals surface area contributed by atoms with Crippen LogP contribution in [0.5, 0.6) is 0 Å². The van der Waals surface area contributed by atoms with Crippen LogP contribution >= 0.6 is 15.9 Å². The lowest BCUT2D eigenvalue weighted by molar-refractivity contribution is -0.393. The molecule has 0 spiro atoms. The summed E-state index contributed by atoms with van der Waals surface area (Å²) < 4.78 is 0.687. The third-order valence-corrected chi connectivity index (χ3v) is 3.24. The van der Waals surface area contributed by atoms with Crippen molar-refractivity contribution in [3.63, 3.8) is 0 Å². The largest absolute Gasteiger partial charge is 0.284 e. The molecule has 0 atom stereocenters. The highest BCUT2D eigenvalue weighted by Crippen LogP contribution is 2.36. The fourth-order valence-electron chi connectivity index (χ4n) is 1.69. The second kappa shape index (κ2) is 5.15. The Kier molecular flexibility index (Phi) is 3.57. The van der Waals surface area contributed by atoms with Gasteiger partial charge < -0.3 is 0 Å². The zero-order valence-electron chi connectivity index (χ0n) is 9.45. The second-order valence-corrected chi connectivity index (χ2v) is 4.55. The Morgan fingerprint density at radius 3 is 2.16 bits per heavy atom. The average Bonchev–Trinajstić information content (AvgIpc) is 2.38. The van der Waals surface area contributed by atoms with E-state index in [9.17, 15) is 20.2 Å². The SMILES string of the molecule is O=[N+]([O-])c1ccc(-c2ccccc2Br)c([N+](=O)[O-])c1. The van der Waals surface area contributed by atoms with Crippen LogP contribution in [0.4, 0.5) is 11.4 Å². The van der Waals surface area contributed by atoms with Crippen LogP contribution in [0.2, 0.25) is 0 Å². The van der Waals surface area contributed by atoms with Crippen molar-refractivity contribution in [3.8, 4) is 11.1 Å². The number of nitrogens with zero attached hydrogens (tertiary/aromatic N) is 2. The molecular formula is C12H7BrN2O4. The predicted molar refractivity (Wildman–Crippen MR) is 72.9 cm³/mol. The Morgan fingerprint density at radius 2 is 1.58 bits per heavy atom. The molecule has 0 amide bonds. The van der Waals surface area contributed by atoms with E-state index < -0.39 is 9.85 Å². The first-order valence-electron chi connectivity index (χ1n) is 5.18. The summed E-state index contributed by atoms with van der Waals surface area (Å²) in [5.41, 5.74) is 0.357. The van der Waals surface area contributed by atoms with Crippen LogP contribution < -0.4 is 0 Å². The first kappa shape index (κ1) is 13.2. The summed E-state index contributed by atoms with van der Waals surface area (Å²) in [5.74, 6) is 0. The molecule has 2 aromatic carbocycles. The number of hydrogen-bond acceptors (Lipinski definition) is 4. The summed E-state index contributed by atoms with van der Waals surface area (Å²) in [6.45, 7) is 0. The van der Waals surface area contributed by atoms with E-state index in [-0.39, 0.29) is 11.4 Å². The Balaban J connectivity index is 2.67. The lowest BCUT2D eigenvalue weighted by Gasteiger charge is -2.05. The van der Waals surface area contributed by atoms with Crippen LogP contribution in [0.15, 0.2) is 46.9 Å². The third-order valence-electron chi connectivity index (χ3n) is 2.55. The first-order valence-corrected chi connectivity index (χ1v) is 5.97. The quantitative estimate of drug-likeness (QED) is 0.632. The molecule has 2 rings (SSSR count). The molecule has 0 aliphatic carbocycles. The molecular weight excluding hydrogens is 316 g/mol. The van der Waals surface area contributed by atoms with Crippen LogP contribution in [0, 0.1) is 20.2 Å². The highest BCUT2D eigenvalue weighted by molar-refractivity contribution is 9.10. The molecule has 6 nitrogen and oxygen atoms in total. The van der Waals surface area contributed by atoms with Crippen molar-refractivity contribution >= 4 is 27.3 Å². The van der Waals surface area contributed by atoms with Gasteiger partial charge in [0.05, 0.1) is 21.5 Å². The maximum atomic E-state index is 11.0. The van der Waals surface area contributed by atoms with Crippen molar-refractivity contribution in [2.45, 2.75) is 0 Å². The molecule has 0 saturated carbocycles. The maximum Gasteiger partial charge on any atom is 0.284 e. The van der Waals surface area contributed by atoms with Crippen LogP contribution in [-0.2, 0) is 0 Å². The number of rotatable bonds is 3. The van der Waals surface area contributed by atoms with Crippen LogP contribution in [0.1, 0.15) is 0 Å². The predicted octanol–water partition coefficient (Wildman–Crippen LogP) is 3.93. The molecule has 19 heavy (non-hydrogen) atoms. The molecule has 0 unspecified atom stereocenters. The van der Waals surface area contributed by atoms with Gasteiger partial charge in [0.25, 0.3) is 11.4 Å². The molecule has 0 heterocycles. The Bertz CT molecular complexity index is 673. The highest BCUT2D eigenvalue weighted by atomic mass is 79.9. The molecule has 0 aliphatic heterocycles. The van der Waals surface area contributed by atoms with Gasteiger partial charge in [-0.1, -0.05) is 34.1 Å². The van der Waals surface area contributed by atoms with Gasteiger partial charge in [-0.2, -0.15) is 0 Å². The molecule has 0 radical (unpaired) electrons. The lowest BCUT2D eigenvalue weighted by Crippen LogP contribution is -1.95. The fourth-order valence-corrected chi connectivity index (χ4v) is 2.19. The van der Waals surface area contributed by atoms with Gasteiger partial charge in [-0.3, -0.25) is 20.2 Å². The van der Waals surface area contributed by atoms with Crippen molar-refractivity contribution in [2.75, 3.05) is 0 Å². The Hall–Kier alpha value is -2.28. The minimum atomic E-state index is -0.656. The van der Waals surface area contributed by atoms with E-state index in [1.165, 1.54) is 12.1 Å². The zero-order chi connectivity index (χ0) is 14.0.